The zero-order valence-corrected chi connectivity index (χ0v) is 11.2. The summed E-state index contributed by atoms with van der Waals surface area (Å²) >= 11 is 5.79. The van der Waals surface area contributed by atoms with Crippen LogP contribution in [0.5, 0.6) is 5.75 Å². The fraction of sp³-hybridized carbons (Fsp3) is 0.0667. The fourth-order valence-corrected chi connectivity index (χ4v) is 2.07. The van der Waals surface area contributed by atoms with Crippen molar-refractivity contribution in [1.29, 1.82) is 0 Å². The highest BCUT2D eigenvalue weighted by molar-refractivity contribution is 6.30. The van der Waals surface area contributed by atoms with E-state index >= 15 is 0 Å². The van der Waals surface area contributed by atoms with Crippen LogP contribution in [0.4, 0.5) is 0 Å². The van der Waals surface area contributed by atoms with Crippen LogP contribution in [0.25, 0.3) is 11.5 Å². The molecule has 0 aliphatic carbocycles. The summed E-state index contributed by atoms with van der Waals surface area (Å²) in [5, 5.41) is 14.2. The molecular weight excluding hydrogens is 276 g/mol. The quantitative estimate of drug-likeness (QED) is 0.798. The standard InChI is InChI=1S/C15H11ClN2O2/c16-11-6-7-12(13(19)9-11)15-17-14(18-20-15)8-10-4-2-1-3-5-10/h1-7,9,19H,8H2. The van der Waals surface area contributed by atoms with Gasteiger partial charge < -0.3 is 9.63 Å². The molecule has 1 aromatic heterocycles. The maximum absolute atomic E-state index is 9.83. The summed E-state index contributed by atoms with van der Waals surface area (Å²) in [5.41, 5.74) is 1.57. The molecule has 3 aromatic rings. The van der Waals surface area contributed by atoms with Crippen molar-refractivity contribution in [3.63, 3.8) is 0 Å². The van der Waals surface area contributed by atoms with Gasteiger partial charge in [0.25, 0.3) is 5.89 Å². The monoisotopic (exact) mass is 286 g/mol. The number of phenolic OH excluding ortho intramolecular Hbond substituents is 1. The van der Waals surface area contributed by atoms with Crippen molar-refractivity contribution in [2.45, 2.75) is 6.42 Å². The molecule has 0 aliphatic heterocycles. The molecule has 20 heavy (non-hydrogen) atoms. The predicted molar refractivity (Wildman–Crippen MR) is 75.7 cm³/mol. The molecule has 1 heterocycles. The van der Waals surface area contributed by atoms with Crippen molar-refractivity contribution < 1.29 is 9.63 Å². The number of halogens is 1. The maximum Gasteiger partial charge on any atom is 0.261 e. The van der Waals surface area contributed by atoms with Crippen LogP contribution in [-0.2, 0) is 6.42 Å². The first-order valence-electron chi connectivity index (χ1n) is 6.08. The highest BCUT2D eigenvalue weighted by Gasteiger charge is 2.13. The first kappa shape index (κ1) is 12.7. The molecule has 0 amide bonds. The van der Waals surface area contributed by atoms with Crippen molar-refractivity contribution in [2.75, 3.05) is 0 Å². The van der Waals surface area contributed by atoms with Gasteiger partial charge in [0.2, 0.25) is 0 Å². The second-order valence-corrected chi connectivity index (χ2v) is 4.78. The van der Waals surface area contributed by atoms with Gasteiger partial charge in [0.1, 0.15) is 5.75 Å². The van der Waals surface area contributed by atoms with E-state index in [9.17, 15) is 5.11 Å². The van der Waals surface area contributed by atoms with E-state index in [4.69, 9.17) is 16.1 Å². The molecule has 0 atom stereocenters. The molecule has 4 nitrogen and oxygen atoms in total. The zero-order chi connectivity index (χ0) is 13.9. The predicted octanol–water partition coefficient (Wildman–Crippen LogP) is 3.69. The van der Waals surface area contributed by atoms with E-state index < -0.39 is 0 Å². The van der Waals surface area contributed by atoms with Crippen LogP contribution in [0, 0.1) is 0 Å². The van der Waals surface area contributed by atoms with Crippen LogP contribution >= 0.6 is 11.6 Å². The Bertz CT molecular complexity index is 726. The zero-order valence-electron chi connectivity index (χ0n) is 10.5. The van der Waals surface area contributed by atoms with Crippen molar-refractivity contribution in [3.05, 3.63) is 64.9 Å². The van der Waals surface area contributed by atoms with Crippen LogP contribution in [0.3, 0.4) is 0 Å². The summed E-state index contributed by atoms with van der Waals surface area (Å²) in [7, 11) is 0. The van der Waals surface area contributed by atoms with Crippen molar-refractivity contribution in [3.8, 4) is 17.2 Å². The summed E-state index contributed by atoms with van der Waals surface area (Å²) < 4.78 is 5.18. The largest absolute Gasteiger partial charge is 0.507 e. The van der Waals surface area contributed by atoms with Gasteiger partial charge in [-0.05, 0) is 23.8 Å². The molecule has 1 N–H and O–H groups in total. The van der Waals surface area contributed by atoms with E-state index in [0.717, 1.165) is 5.56 Å². The molecule has 0 spiro atoms. The first-order valence-corrected chi connectivity index (χ1v) is 6.45. The Hall–Kier alpha value is -2.33. The van der Waals surface area contributed by atoms with Gasteiger partial charge in [-0.25, -0.2) is 0 Å². The third-order valence-corrected chi connectivity index (χ3v) is 3.10. The Balaban J connectivity index is 1.87. The van der Waals surface area contributed by atoms with Gasteiger partial charge in [-0.3, -0.25) is 0 Å². The molecule has 0 saturated carbocycles. The molecule has 0 unspecified atom stereocenters. The molecule has 3 rings (SSSR count). The number of hydrogen-bond donors (Lipinski definition) is 1. The smallest absolute Gasteiger partial charge is 0.261 e. The molecule has 5 heteroatoms. The summed E-state index contributed by atoms with van der Waals surface area (Å²) in [6, 6.07) is 14.6. The maximum atomic E-state index is 9.83. The van der Waals surface area contributed by atoms with E-state index in [1.54, 1.807) is 12.1 Å². The van der Waals surface area contributed by atoms with Crippen LogP contribution in [-0.4, -0.2) is 15.2 Å². The number of nitrogens with zero attached hydrogens (tertiary/aromatic N) is 2. The fourth-order valence-electron chi connectivity index (χ4n) is 1.90. The number of rotatable bonds is 3. The molecule has 0 aliphatic rings. The summed E-state index contributed by atoms with van der Waals surface area (Å²) in [6.07, 6.45) is 0.582. The molecule has 100 valence electrons. The van der Waals surface area contributed by atoms with Gasteiger partial charge in [0, 0.05) is 11.4 Å². The average molecular weight is 287 g/mol. The minimum absolute atomic E-state index is 0.0208. The van der Waals surface area contributed by atoms with Crippen LogP contribution in [0.1, 0.15) is 11.4 Å². The Labute approximate surface area is 120 Å². The number of aromatic hydroxyl groups is 1. The van der Waals surface area contributed by atoms with Crippen molar-refractivity contribution >= 4 is 11.6 Å². The normalized spacial score (nSPS) is 10.7. The van der Waals surface area contributed by atoms with E-state index in [1.807, 2.05) is 30.3 Å². The summed E-state index contributed by atoms with van der Waals surface area (Å²) in [6.45, 7) is 0. The van der Waals surface area contributed by atoms with Gasteiger partial charge in [-0.1, -0.05) is 47.1 Å². The van der Waals surface area contributed by atoms with Crippen molar-refractivity contribution in [2.24, 2.45) is 0 Å². The van der Waals surface area contributed by atoms with E-state index in [1.165, 1.54) is 6.07 Å². The molecule has 0 radical (unpaired) electrons. The Morgan fingerprint density at radius 1 is 1.10 bits per heavy atom. The van der Waals surface area contributed by atoms with Gasteiger partial charge in [0.05, 0.1) is 5.56 Å². The lowest BCUT2D eigenvalue weighted by molar-refractivity contribution is 0.418. The van der Waals surface area contributed by atoms with Crippen LogP contribution in [0.15, 0.2) is 53.1 Å². The van der Waals surface area contributed by atoms with Gasteiger partial charge in [-0.15, -0.1) is 0 Å². The molecule has 2 aromatic carbocycles. The summed E-state index contributed by atoms with van der Waals surface area (Å²) in [5.74, 6) is 0.873. The second-order valence-electron chi connectivity index (χ2n) is 4.34. The number of aromatic nitrogens is 2. The van der Waals surface area contributed by atoms with Crippen LogP contribution < -0.4 is 0 Å². The molecule has 0 bridgehead atoms. The molecular formula is C15H11ClN2O2. The third-order valence-electron chi connectivity index (χ3n) is 2.86. The summed E-state index contributed by atoms with van der Waals surface area (Å²) in [4.78, 5) is 4.29. The SMILES string of the molecule is Oc1cc(Cl)ccc1-c1nc(Cc2ccccc2)no1. The van der Waals surface area contributed by atoms with Crippen LogP contribution in [0.2, 0.25) is 5.02 Å². The minimum atomic E-state index is 0.0208. The second kappa shape index (κ2) is 5.35. The Morgan fingerprint density at radius 3 is 2.65 bits per heavy atom. The van der Waals surface area contributed by atoms with Gasteiger partial charge >= 0.3 is 0 Å². The number of hydrogen-bond acceptors (Lipinski definition) is 4. The molecule has 0 saturated heterocycles. The Morgan fingerprint density at radius 2 is 1.90 bits per heavy atom. The van der Waals surface area contributed by atoms with E-state index in [0.29, 0.717) is 22.8 Å². The topological polar surface area (TPSA) is 59.2 Å². The molecule has 0 fully saturated rings. The highest BCUT2D eigenvalue weighted by Crippen LogP contribution is 2.30. The number of phenols is 1. The third kappa shape index (κ3) is 2.65. The van der Waals surface area contributed by atoms with Crippen molar-refractivity contribution in [1.82, 2.24) is 10.1 Å². The average Bonchev–Trinajstić information content (AvgIpc) is 2.88. The lowest BCUT2D eigenvalue weighted by Crippen LogP contribution is -1.90. The Kier molecular flexibility index (Phi) is 3.39. The first-order chi connectivity index (χ1) is 9.72. The van der Waals surface area contributed by atoms with Gasteiger partial charge in [0.15, 0.2) is 5.82 Å². The number of benzene rings is 2. The highest BCUT2D eigenvalue weighted by atomic mass is 35.5. The lowest BCUT2D eigenvalue weighted by atomic mass is 10.1. The minimum Gasteiger partial charge on any atom is -0.507 e. The van der Waals surface area contributed by atoms with Gasteiger partial charge in [-0.2, -0.15) is 4.98 Å². The van der Waals surface area contributed by atoms with E-state index in [-0.39, 0.29) is 11.6 Å². The lowest BCUT2D eigenvalue weighted by Gasteiger charge is -1.98. The van der Waals surface area contributed by atoms with E-state index in [2.05, 4.69) is 10.1 Å².